The molecule has 0 heterocycles. The van der Waals surface area contributed by atoms with E-state index >= 15 is 0 Å². The zero-order valence-electron chi connectivity index (χ0n) is 8.71. The van der Waals surface area contributed by atoms with Gasteiger partial charge in [-0.1, -0.05) is 63.8 Å². The van der Waals surface area contributed by atoms with Crippen LogP contribution < -0.4 is 0 Å². The molecule has 0 spiro atoms. The number of hydrogen-bond acceptors (Lipinski definition) is 1. The number of rotatable bonds is 8. The molecule has 0 aromatic heterocycles. The fraction of sp³-hybridized carbons (Fsp3) is 0.667. The van der Waals surface area contributed by atoms with E-state index in [1.807, 2.05) is 0 Å². The van der Waals surface area contributed by atoms with Crippen LogP contribution in [0, 0.1) is 0 Å². The Bertz CT molecular complexity index is 138. The van der Waals surface area contributed by atoms with Crippen LogP contribution >= 0.6 is 0 Å². The number of aliphatic hydroxyl groups excluding tert-OH is 1. The van der Waals surface area contributed by atoms with Gasteiger partial charge in [0.1, 0.15) is 0 Å². The quantitative estimate of drug-likeness (QED) is 0.450. The Morgan fingerprint density at radius 1 is 1.23 bits per heavy atom. The molecular weight excluding hydrogens is 160 g/mol. The van der Waals surface area contributed by atoms with Crippen molar-refractivity contribution in [3.8, 4) is 0 Å². The largest absolute Gasteiger partial charge is 0.389 e. The van der Waals surface area contributed by atoms with Crippen molar-refractivity contribution in [3.05, 3.63) is 24.8 Å². The van der Waals surface area contributed by atoms with Crippen molar-refractivity contribution in [2.45, 2.75) is 51.6 Å². The second-order valence-electron chi connectivity index (χ2n) is 3.39. The number of allylic oxidation sites excluding steroid dienone is 2. The van der Waals surface area contributed by atoms with Crippen LogP contribution in [0.25, 0.3) is 0 Å². The molecule has 1 atom stereocenters. The van der Waals surface area contributed by atoms with Crippen LogP contribution in [-0.2, 0) is 0 Å². The molecule has 0 aliphatic carbocycles. The smallest absolute Gasteiger partial charge is 0.0723 e. The van der Waals surface area contributed by atoms with Gasteiger partial charge in [0.2, 0.25) is 0 Å². The Hall–Kier alpha value is -0.560. The van der Waals surface area contributed by atoms with Crippen molar-refractivity contribution >= 4 is 0 Å². The van der Waals surface area contributed by atoms with Crippen LogP contribution in [0.5, 0.6) is 0 Å². The minimum atomic E-state index is -0.278. The fourth-order valence-electron chi connectivity index (χ4n) is 1.26. The van der Waals surface area contributed by atoms with Crippen molar-refractivity contribution in [1.82, 2.24) is 0 Å². The van der Waals surface area contributed by atoms with Gasteiger partial charge in [-0.25, -0.2) is 0 Å². The van der Waals surface area contributed by atoms with Gasteiger partial charge < -0.3 is 5.11 Å². The third kappa shape index (κ3) is 9.35. The van der Waals surface area contributed by atoms with Gasteiger partial charge in [0, 0.05) is 0 Å². The van der Waals surface area contributed by atoms with Gasteiger partial charge in [0.15, 0.2) is 0 Å². The molecule has 0 saturated heterocycles. The summed E-state index contributed by atoms with van der Waals surface area (Å²) >= 11 is 0. The van der Waals surface area contributed by atoms with Crippen molar-refractivity contribution in [2.75, 3.05) is 0 Å². The average Bonchev–Trinajstić information content (AvgIpc) is 2.14. The Balaban J connectivity index is 3.21. The zero-order chi connectivity index (χ0) is 9.94. The first kappa shape index (κ1) is 12.4. The van der Waals surface area contributed by atoms with Crippen LogP contribution in [0.3, 0.4) is 0 Å². The third-order valence-corrected chi connectivity index (χ3v) is 2.07. The minimum absolute atomic E-state index is 0.278. The molecule has 1 N–H and O–H groups in total. The van der Waals surface area contributed by atoms with E-state index in [0.717, 1.165) is 12.8 Å². The molecule has 0 fully saturated rings. The number of aliphatic hydroxyl groups is 1. The highest BCUT2D eigenvalue weighted by atomic mass is 16.3. The van der Waals surface area contributed by atoms with Gasteiger partial charge in [-0.3, -0.25) is 0 Å². The van der Waals surface area contributed by atoms with Gasteiger partial charge in [-0.15, -0.1) is 0 Å². The maximum absolute atomic E-state index is 9.40. The highest BCUT2D eigenvalue weighted by Crippen LogP contribution is 2.07. The molecule has 0 aliphatic heterocycles. The first-order chi connectivity index (χ1) is 6.31. The Morgan fingerprint density at radius 2 is 1.92 bits per heavy atom. The summed E-state index contributed by atoms with van der Waals surface area (Å²) in [6, 6.07) is 0. The standard InChI is InChI=1S/C12H22O/c1-3-5-7-8-9-11-12(13)10-6-4-2/h4,6,10,12-13H,2-3,5,7-9,11H2,1H3/b10-6+. The lowest BCUT2D eigenvalue weighted by Crippen LogP contribution is -2.00. The first-order valence-corrected chi connectivity index (χ1v) is 5.28. The average molecular weight is 182 g/mol. The van der Waals surface area contributed by atoms with E-state index in [-0.39, 0.29) is 6.10 Å². The van der Waals surface area contributed by atoms with Crippen molar-refractivity contribution in [1.29, 1.82) is 0 Å². The molecule has 0 bridgehead atoms. The minimum Gasteiger partial charge on any atom is -0.389 e. The molecular formula is C12H22O. The second-order valence-corrected chi connectivity index (χ2v) is 3.39. The zero-order valence-corrected chi connectivity index (χ0v) is 8.71. The predicted molar refractivity (Wildman–Crippen MR) is 58.7 cm³/mol. The lowest BCUT2D eigenvalue weighted by molar-refractivity contribution is 0.208. The first-order valence-electron chi connectivity index (χ1n) is 5.28. The highest BCUT2D eigenvalue weighted by molar-refractivity contribution is 5.00. The third-order valence-electron chi connectivity index (χ3n) is 2.07. The molecule has 0 rings (SSSR count). The summed E-state index contributed by atoms with van der Waals surface area (Å²) in [7, 11) is 0. The lowest BCUT2D eigenvalue weighted by Gasteiger charge is -2.04. The molecule has 0 saturated carbocycles. The summed E-state index contributed by atoms with van der Waals surface area (Å²) in [4.78, 5) is 0. The van der Waals surface area contributed by atoms with E-state index < -0.39 is 0 Å². The summed E-state index contributed by atoms with van der Waals surface area (Å²) in [6.07, 6.45) is 12.2. The van der Waals surface area contributed by atoms with Gasteiger partial charge >= 0.3 is 0 Å². The SMILES string of the molecule is C=C/C=C/C(O)CCCCCCC. The van der Waals surface area contributed by atoms with Crippen LogP contribution in [0.4, 0.5) is 0 Å². The summed E-state index contributed by atoms with van der Waals surface area (Å²) in [5.74, 6) is 0. The van der Waals surface area contributed by atoms with Crippen molar-refractivity contribution in [3.63, 3.8) is 0 Å². The van der Waals surface area contributed by atoms with E-state index in [2.05, 4.69) is 13.5 Å². The predicted octanol–water partition coefficient (Wildman–Crippen LogP) is 3.45. The molecule has 0 aromatic rings. The number of hydrogen-bond donors (Lipinski definition) is 1. The van der Waals surface area contributed by atoms with E-state index in [4.69, 9.17) is 0 Å². The normalized spacial score (nSPS) is 13.4. The highest BCUT2D eigenvalue weighted by Gasteiger charge is 1.97. The van der Waals surface area contributed by atoms with Gasteiger partial charge in [0.05, 0.1) is 6.10 Å². The van der Waals surface area contributed by atoms with Crippen molar-refractivity contribution in [2.24, 2.45) is 0 Å². The second kappa shape index (κ2) is 9.53. The van der Waals surface area contributed by atoms with Crippen LogP contribution in [0.2, 0.25) is 0 Å². The molecule has 0 aliphatic rings. The molecule has 1 unspecified atom stereocenters. The molecule has 0 radical (unpaired) electrons. The van der Waals surface area contributed by atoms with Crippen LogP contribution in [-0.4, -0.2) is 11.2 Å². The fourth-order valence-corrected chi connectivity index (χ4v) is 1.26. The molecule has 0 aromatic carbocycles. The molecule has 1 nitrogen and oxygen atoms in total. The van der Waals surface area contributed by atoms with Gasteiger partial charge in [-0.2, -0.15) is 0 Å². The Kier molecular flexibility index (Phi) is 9.12. The topological polar surface area (TPSA) is 20.2 Å². The lowest BCUT2D eigenvalue weighted by atomic mass is 10.1. The van der Waals surface area contributed by atoms with Crippen LogP contribution in [0.15, 0.2) is 24.8 Å². The summed E-state index contributed by atoms with van der Waals surface area (Å²) in [5.41, 5.74) is 0. The molecule has 0 amide bonds. The summed E-state index contributed by atoms with van der Waals surface area (Å²) < 4.78 is 0. The number of unbranched alkanes of at least 4 members (excludes halogenated alkanes) is 4. The van der Waals surface area contributed by atoms with E-state index in [9.17, 15) is 5.11 Å². The Labute approximate surface area is 82.2 Å². The maximum Gasteiger partial charge on any atom is 0.0723 e. The van der Waals surface area contributed by atoms with Crippen LogP contribution in [0.1, 0.15) is 45.4 Å². The van der Waals surface area contributed by atoms with E-state index in [1.165, 1.54) is 25.7 Å². The molecule has 76 valence electrons. The summed E-state index contributed by atoms with van der Waals surface area (Å²) in [5, 5.41) is 9.40. The molecule has 1 heteroatoms. The monoisotopic (exact) mass is 182 g/mol. The Morgan fingerprint density at radius 3 is 2.54 bits per heavy atom. The van der Waals surface area contributed by atoms with Gasteiger partial charge in [0.25, 0.3) is 0 Å². The van der Waals surface area contributed by atoms with Crippen molar-refractivity contribution < 1.29 is 5.11 Å². The van der Waals surface area contributed by atoms with E-state index in [0.29, 0.717) is 0 Å². The summed E-state index contributed by atoms with van der Waals surface area (Å²) in [6.45, 7) is 5.77. The van der Waals surface area contributed by atoms with Gasteiger partial charge in [-0.05, 0) is 6.42 Å². The molecule has 13 heavy (non-hydrogen) atoms. The van der Waals surface area contributed by atoms with E-state index in [1.54, 1.807) is 18.2 Å². The maximum atomic E-state index is 9.40.